The Bertz CT molecular complexity index is 661. The van der Waals surface area contributed by atoms with Crippen molar-refractivity contribution in [3.05, 3.63) is 23.5 Å². The molecule has 2 rings (SSSR count). The van der Waals surface area contributed by atoms with Crippen LogP contribution < -0.4 is 9.47 Å². The molecule has 1 aromatic heterocycles. The first-order valence-electron chi connectivity index (χ1n) is 7.33. The van der Waals surface area contributed by atoms with Crippen molar-refractivity contribution in [2.24, 2.45) is 0 Å². The van der Waals surface area contributed by atoms with Crippen molar-refractivity contribution in [2.45, 2.75) is 25.9 Å². The topological polar surface area (TPSA) is 67.1 Å². The molecule has 0 N–H and O–H groups in total. The van der Waals surface area contributed by atoms with Crippen LogP contribution >= 0.6 is 0 Å². The minimum absolute atomic E-state index is 0.00429. The molecule has 1 heterocycles. The van der Waals surface area contributed by atoms with Gasteiger partial charge in [-0.3, -0.25) is 0 Å². The Morgan fingerprint density at radius 3 is 2.61 bits per heavy atom. The molecule has 0 amide bonds. The van der Waals surface area contributed by atoms with Gasteiger partial charge in [-0.15, -0.1) is 0 Å². The van der Waals surface area contributed by atoms with Crippen molar-refractivity contribution in [3.63, 3.8) is 0 Å². The van der Waals surface area contributed by atoms with Gasteiger partial charge in [-0.25, -0.2) is 0 Å². The Morgan fingerprint density at radius 1 is 1.22 bits per heavy atom. The van der Waals surface area contributed by atoms with E-state index in [1.54, 1.807) is 21.3 Å². The summed E-state index contributed by atoms with van der Waals surface area (Å²) in [6, 6.07) is 3.78. The Balaban J connectivity index is 2.53. The average Bonchev–Trinajstić information content (AvgIpc) is 2.98. The van der Waals surface area contributed by atoms with Crippen LogP contribution in [-0.2, 0) is 20.9 Å². The number of carbonyl (C=O) groups excluding carboxylic acids is 1. The molecular formula is C17H22O6. The van der Waals surface area contributed by atoms with Crippen molar-refractivity contribution < 1.29 is 28.2 Å². The van der Waals surface area contributed by atoms with Gasteiger partial charge in [-0.05, 0) is 12.1 Å². The zero-order chi connectivity index (χ0) is 16.8. The molecule has 0 saturated heterocycles. The zero-order valence-corrected chi connectivity index (χ0v) is 13.9. The number of hydrogen-bond acceptors (Lipinski definition) is 6. The number of ether oxygens (including phenoxy) is 4. The molecule has 0 aliphatic rings. The quantitative estimate of drug-likeness (QED) is 0.401. The van der Waals surface area contributed by atoms with Crippen molar-refractivity contribution in [3.8, 4) is 11.5 Å². The third-order valence-corrected chi connectivity index (χ3v) is 3.65. The molecule has 23 heavy (non-hydrogen) atoms. The molecule has 0 spiro atoms. The second kappa shape index (κ2) is 7.99. The van der Waals surface area contributed by atoms with E-state index in [-0.39, 0.29) is 19.3 Å². The molecule has 0 radical (unpaired) electrons. The Hall–Kier alpha value is -2.05. The normalized spacial score (nSPS) is 12.3. The Kier molecular flexibility index (Phi) is 6.01. The van der Waals surface area contributed by atoms with Gasteiger partial charge in [-0.2, -0.15) is 0 Å². The van der Waals surface area contributed by atoms with Gasteiger partial charge in [0.2, 0.25) is 0 Å². The Labute approximate surface area is 135 Å². The van der Waals surface area contributed by atoms with Gasteiger partial charge in [0.05, 0.1) is 26.4 Å². The third-order valence-electron chi connectivity index (χ3n) is 3.65. The second-order valence-corrected chi connectivity index (χ2v) is 5.22. The Morgan fingerprint density at radius 2 is 2.00 bits per heavy atom. The standard InChI is InChI=1S/C17H22O6/c1-11(5-6-18)14-7-12-8-15(20-3)17(21-4)13(16(12)23-14)9-22-10-19-2/h6-8,11H,5,9-10H2,1-4H3/t11-/m1/s1. The summed E-state index contributed by atoms with van der Waals surface area (Å²) < 4.78 is 27.2. The van der Waals surface area contributed by atoms with E-state index in [0.29, 0.717) is 23.5 Å². The van der Waals surface area contributed by atoms with Crippen LogP contribution in [0.2, 0.25) is 0 Å². The molecule has 0 aliphatic carbocycles. The largest absolute Gasteiger partial charge is 0.493 e. The van der Waals surface area contributed by atoms with Crippen LogP contribution in [-0.4, -0.2) is 34.4 Å². The van der Waals surface area contributed by atoms with Gasteiger partial charge in [0.1, 0.15) is 24.4 Å². The van der Waals surface area contributed by atoms with E-state index < -0.39 is 0 Å². The van der Waals surface area contributed by atoms with Gasteiger partial charge >= 0.3 is 0 Å². The van der Waals surface area contributed by atoms with Crippen LogP contribution in [0, 0.1) is 0 Å². The van der Waals surface area contributed by atoms with Crippen molar-refractivity contribution >= 4 is 17.3 Å². The van der Waals surface area contributed by atoms with Gasteiger partial charge in [0.15, 0.2) is 11.5 Å². The number of fused-ring (bicyclic) bond motifs is 1. The van der Waals surface area contributed by atoms with E-state index in [4.69, 9.17) is 23.4 Å². The molecule has 0 fully saturated rings. The lowest BCUT2D eigenvalue weighted by Crippen LogP contribution is -2.01. The maximum atomic E-state index is 10.7. The predicted molar refractivity (Wildman–Crippen MR) is 85.1 cm³/mol. The molecule has 6 nitrogen and oxygen atoms in total. The number of aldehydes is 1. The lowest BCUT2D eigenvalue weighted by molar-refractivity contribution is -0.108. The lowest BCUT2D eigenvalue weighted by Gasteiger charge is -2.13. The van der Waals surface area contributed by atoms with Crippen LogP contribution in [0.15, 0.2) is 16.5 Å². The average molecular weight is 322 g/mol. The number of benzene rings is 1. The number of hydrogen-bond donors (Lipinski definition) is 0. The van der Waals surface area contributed by atoms with Crippen molar-refractivity contribution in [1.29, 1.82) is 0 Å². The van der Waals surface area contributed by atoms with Gasteiger partial charge < -0.3 is 28.2 Å². The van der Waals surface area contributed by atoms with Crippen LogP contribution in [0.1, 0.15) is 30.6 Å². The highest BCUT2D eigenvalue weighted by atomic mass is 16.7. The SMILES string of the molecule is COCOCc1c(OC)c(OC)cc2cc([C@H](C)CC=O)oc12. The van der Waals surface area contributed by atoms with Crippen LogP contribution in [0.5, 0.6) is 11.5 Å². The van der Waals surface area contributed by atoms with Crippen LogP contribution in [0.3, 0.4) is 0 Å². The summed E-state index contributed by atoms with van der Waals surface area (Å²) in [6.45, 7) is 2.37. The highest BCUT2D eigenvalue weighted by molar-refractivity contribution is 5.86. The number of carbonyl (C=O) groups is 1. The number of furan rings is 1. The van der Waals surface area contributed by atoms with E-state index in [2.05, 4.69) is 0 Å². The lowest BCUT2D eigenvalue weighted by atomic mass is 10.1. The van der Waals surface area contributed by atoms with E-state index in [1.807, 2.05) is 19.1 Å². The molecular weight excluding hydrogens is 300 g/mol. The number of rotatable bonds is 9. The first kappa shape index (κ1) is 17.3. The van der Waals surface area contributed by atoms with E-state index in [0.717, 1.165) is 23.0 Å². The van der Waals surface area contributed by atoms with Gasteiger partial charge in [0.25, 0.3) is 0 Å². The summed E-state index contributed by atoms with van der Waals surface area (Å²) in [5.74, 6) is 1.92. The molecule has 2 aromatic rings. The summed E-state index contributed by atoms with van der Waals surface area (Å²) in [4.78, 5) is 10.7. The van der Waals surface area contributed by atoms with Crippen LogP contribution in [0.4, 0.5) is 0 Å². The fourth-order valence-electron chi connectivity index (χ4n) is 2.46. The minimum Gasteiger partial charge on any atom is -0.493 e. The van der Waals surface area contributed by atoms with Crippen LogP contribution in [0.25, 0.3) is 11.0 Å². The highest BCUT2D eigenvalue weighted by Gasteiger charge is 2.20. The molecule has 1 atom stereocenters. The molecule has 0 bridgehead atoms. The van der Waals surface area contributed by atoms with E-state index >= 15 is 0 Å². The van der Waals surface area contributed by atoms with Crippen molar-refractivity contribution in [2.75, 3.05) is 28.1 Å². The van der Waals surface area contributed by atoms with E-state index in [1.165, 1.54) is 0 Å². The number of methoxy groups -OCH3 is 3. The van der Waals surface area contributed by atoms with Crippen molar-refractivity contribution in [1.82, 2.24) is 0 Å². The zero-order valence-electron chi connectivity index (χ0n) is 13.9. The summed E-state index contributed by atoms with van der Waals surface area (Å²) >= 11 is 0. The highest BCUT2D eigenvalue weighted by Crippen LogP contribution is 2.40. The van der Waals surface area contributed by atoms with Gasteiger partial charge in [-0.1, -0.05) is 6.92 Å². The molecule has 6 heteroatoms. The smallest absolute Gasteiger partial charge is 0.170 e. The molecule has 0 aliphatic heterocycles. The molecule has 0 saturated carbocycles. The second-order valence-electron chi connectivity index (χ2n) is 5.22. The summed E-state index contributed by atoms with van der Waals surface area (Å²) in [5.41, 5.74) is 1.43. The summed E-state index contributed by atoms with van der Waals surface area (Å²) in [7, 11) is 4.71. The third kappa shape index (κ3) is 3.65. The molecule has 1 aromatic carbocycles. The maximum Gasteiger partial charge on any atom is 0.170 e. The first-order valence-corrected chi connectivity index (χ1v) is 7.33. The fraction of sp³-hybridized carbons (Fsp3) is 0.471. The monoisotopic (exact) mass is 322 g/mol. The first-order chi connectivity index (χ1) is 11.2. The summed E-state index contributed by atoms with van der Waals surface area (Å²) in [6.07, 6.45) is 1.30. The fourth-order valence-corrected chi connectivity index (χ4v) is 2.46. The van der Waals surface area contributed by atoms with Gasteiger partial charge in [0, 0.05) is 24.8 Å². The molecule has 126 valence electrons. The van der Waals surface area contributed by atoms with E-state index in [9.17, 15) is 4.79 Å². The molecule has 0 unspecified atom stereocenters. The maximum absolute atomic E-state index is 10.7. The minimum atomic E-state index is 0.00429. The summed E-state index contributed by atoms with van der Waals surface area (Å²) in [5, 5.41) is 0.881. The predicted octanol–water partition coefficient (Wildman–Crippen LogP) is 3.26.